The number of anilines is 1. The summed E-state index contributed by atoms with van der Waals surface area (Å²) in [6.07, 6.45) is 5.03. The smallest absolute Gasteiger partial charge is 0.161 e. The summed E-state index contributed by atoms with van der Waals surface area (Å²) in [6, 6.07) is 8.13. The Balaban J connectivity index is 2.10. The molecule has 0 radical (unpaired) electrons. The van der Waals surface area contributed by atoms with Gasteiger partial charge in [-0.05, 0) is 40.9 Å². The van der Waals surface area contributed by atoms with Crippen LogP contribution in [0.5, 0.6) is 0 Å². The SMILES string of the molecule is CNc1nc(-c2cccc(Br)c2)nc(C2CCCC2)c1Br. The van der Waals surface area contributed by atoms with E-state index in [2.05, 4.69) is 48.2 Å². The molecule has 1 heterocycles. The van der Waals surface area contributed by atoms with E-state index in [0.29, 0.717) is 5.92 Å². The number of hydrogen-bond donors (Lipinski definition) is 1. The molecule has 0 atom stereocenters. The third-order valence-electron chi connectivity index (χ3n) is 3.94. The van der Waals surface area contributed by atoms with E-state index in [9.17, 15) is 0 Å². The Labute approximate surface area is 141 Å². The topological polar surface area (TPSA) is 37.8 Å². The van der Waals surface area contributed by atoms with Crippen LogP contribution in [-0.4, -0.2) is 17.0 Å². The molecule has 1 fully saturated rings. The van der Waals surface area contributed by atoms with Crippen molar-refractivity contribution in [3.8, 4) is 11.4 Å². The van der Waals surface area contributed by atoms with E-state index < -0.39 is 0 Å². The number of halogens is 2. The molecule has 3 nitrogen and oxygen atoms in total. The van der Waals surface area contributed by atoms with Crippen molar-refractivity contribution in [1.29, 1.82) is 0 Å². The van der Waals surface area contributed by atoms with Crippen molar-refractivity contribution in [2.24, 2.45) is 0 Å². The van der Waals surface area contributed by atoms with Gasteiger partial charge in [-0.1, -0.05) is 40.9 Å². The van der Waals surface area contributed by atoms with E-state index >= 15 is 0 Å². The fourth-order valence-electron chi connectivity index (χ4n) is 2.86. The Morgan fingerprint density at radius 2 is 1.90 bits per heavy atom. The lowest BCUT2D eigenvalue weighted by Crippen LogP contribution is -2.06. The molecule has 2 aromatic rings. The lowest BCUT2D eigenvalue weighted by molar-refractivity contribution is 0.691. The number of nitrogens with zero attached hydrogens (tertiary/aromatic N) is 2. The average molecular weight is 411 g/mol. The van der Waals surface area contributed by atoms with Crippen molar-refractivity contribution in [2.45, 2.75) is 31.6 Å². The van der Waals surface area contributed by atoms with Crippen LogP contribution >= 0.6 is 31.9 Å². The van der Waals surface area contributed by atoms with E-state index in [1.165, 1.54) is 25.7 Å². The van der Waals surface area contributed by atoms with E-state index in [1.54, 1.807) is 0 Å². The number of aromatic nitrogens is 2. The van der Waals surface area contributed by atoms with Gasteiger partial charge in [0.1, 0.15) is 5.82 Å². The largest absolute Gasteiger partial charge is 0.372 e. The maximum atomic E-state index is 4.86. The first-order chi connectivity index (χ1) is 10.2. The summed E-state index contributed by atoms with van der Waals surface area (Å²) < 4.78 is 2.05. The molecule has 0 saturated heterocycles. The number of hydrogen-bond acceptors (Lipinski definition) is 3. The molecule has 0 unspecified atom stereocenters. The first-order valence-electron chi connectivity index (χ1n) is 7.20. The van der Waals surface area contributed by atoms with Gasteiger partial charge < -0.3 is 5.32 Å². The van der Waals surface area contributed by atoms with Crippen molar-refractivity contribution >= 4 is 37.7 Å². The predicted octanol–water partition coefficient (Wildman–Crippen LogP) is 5.37. The van der Waals surface area contributed by atoms with Gasteiger partial charge in [0.25, 0.3) is 0 Å². The Morgan fingerprint density at radius 3 is 2.57 bits per heavy atom. The standard InChI is InChI=1S/C16H17Br2N3/c1-19-16-13(18)14(10-5-2-3-6-10)20-15(21-16)11-7-4-8-12(17)9-11/h4,7-10H,2-3,5-6H2,1H3,(H,19,20,21). The molecule has 1 aliphatic rings. The number of nitrogens with one attached hydrogen (secondary N) is 1. The molecule has 0 bridgehead atoms. The van der Waals surface area contributed by atoms with Crippen LogP contribution in [0.4, 0.5) is 5.82 Å². The molecular weight excluding hydrogens is 394 g/mol. The van der Waals surface area contributed by atoms with E-state index in [0.717, 1.165) is 31.8 Å². The zero-order valence-corrected chi connectivity index (χ0v) is 15.0. The van der Waals surface area contributed by atoms with Crippen LogP contribution in [0.1, 0.15) is 37.3 Å². The monoisotopic (exact) mass is 409 g/mol. The lowest BCUT2D eigenvalue weighted by atomic mass is 10.0. The second-order valence-electron chi connectivity index (χ2n) is 5.34. The number of benzene rings is 1. The maximum Gasteiger partial charge on any atom is 0.161 e. The highest BCUT2D eigenvalue weighted by Gasteiger charge is 2.24. The molecule has 21 heavy (non-hydrogen) atoms. The molecule has 110 valence electrons. The maximum absolute atomic E-state index is 4.86. The van der Waals surface area contributed by atoms with Gasteiger partial charge in [0.05, 0.1) is 10.2 Å². The van der Waals surface area contributed by atoms with Crippen LogP contribution < -0.4 is 5.32 Å². The summed E-state index contributed by atoms with van der Waals surface area (Å²) in [5.41, 5.74) is 2.18. The molecule has 3 rings (SSSR count). The third-order valence-corrected chi connectivity index (χ3v) is 5.21. The molecule has 0 amide bonds. The highest BCUT2D eigenvalue weighted by atomic mass is 79.9. The van der Waals surface area contributed by atoms with Crippen LogP contribution in [0.15, 0.2) is 33.2 Å². The zero-order valence-electron chi connectivity index (χ0n) is 11.9. The highest BCUT2D eigenvalue weighted by Crippen LogP contribution is 2.39. The first kappa shape index (κ1) is 15.0. The minimum absolute atomic E-state index is 0.542. The van der Waals surface area contributed by atoms with Gasteiger partial charge in [0, 0.05) is 23.0 Å². The molecule has 1 aromatic carbocycles. The second kappa shape index (κ2) is 6.44. The van der Waals surface area contributed by atoms with Gasteiger partial charge in [0.2, 0.25) is 0 Å². The van der Waals surface area contributed by atoms with Crippen molar-refractivity contribution < 1.29 is 0 Å². The van der Waals surface area contributed by atoms with Gasteiger partial charge in [-0.2, -0.15) is 0 Å². The Kier molecular flexibility index (Phi) is 4.60. The fraction of sp³-hybridized carbons (Fsp3) is 0.375. The Morgan fingerprint density at radius 1 is 1.14 bits per heavy atom. The predicted molar refractivity (Wildman–Crippen MR) is 93.6 cm³/mol. The molecule has 0 spiro atoms. The quantitative estimate of drug-likeness (QED) is 0.739. The van der Waals surface area contributed by atoms with Crippen molar-refractivity contribution in [3.63, 3.8) is 0 Å². The van der Waals surface area contributed by atoms with Gasteiger partial charge in [-0.25, -0.2) is 9.97 Å². The van der Waals surface area contributed by atoms with Crippen molar-refractivity contribution in [3.05, 3.63) is 38.9 Å². The molecule has 5 heteroatoms. The highest BCUT2D eigenvalue weighted by molar-refractivity contribution is 9.11. The fourth-order valence-corrected chi connectivity index (χ4v) is 3.96. The normalized spacial score (nSPS) is 15.4. The summed E-state index contributed by atoms with van der Waals surface area (Å²) in [6.45, 7) is 0. The van der Waals surface area contributed by atoms with Crippen LogP contribution in [0, 0.1) is 0 Å². The summed E-state index contributed by atoms with van der Waals surface area (Å²) in [4.78, 5) is 9.50. The minimum atomic E-state index is 0.542. The minimum Gasteiger partial charge on any atom is -0.372 e. The van der Waals surface area contributed by atoms with E-state index in [1.807, 2.05) is 25.2 Å². The summed E-state index contributed by atoms with van der Waals surface area (Å²) in [7, 11) is 1.90. The van der Waals surface area contributed by atoms with Crippen LogP contribution in [0.2, 0.25) is 0 Å². The van der Waals surface area contributed by atoms with Gasteiger partial charge in [-0.15, -0.1) is 0 Å². The molecular formula is C16H17Br2N3. The van der Waals surface area contributed by atoms with Crippen molar-refractivity contribution in [2.75, 3.05) is 12.4 Å². The Hall–Kier alpha value is -0.940. The third kappa shape index (κ3) is 3.14. The van der Waals surface area contributed by atoms with Crippen LogP contribution in [-0.2, 0) is 0 Å². The summed E-state index contributed by atoms with van der Waals surface area (Å²) in [5.74, 6) is 2.19. The van der Waals surface area contributed by atoms with Gasteiger partial charge in [-0.3, -0.25) is 0 Å². The number of rotatable bonds is 3. The summed E-state index contributed by atoms with van der Waals surface area (Å²) in [5, 5.41) is 3.17. The zero-order chi connectivity index (χ0) is 14.8. The molecule has 0 aliphatic heterocycles. The van der Waals surface area contributed by atoms with Gasteiger partial charge >= 0.3 is 0 Å². The van der Waals surface area contributed by atoms with E-state index in [-0.39, 0.29) is 0 Å². The first-order valence-corrected chi connectivity index (χ1v) is 8.78. The Bertz CT molecular complexity index is 652. The van der Waals surface area contributed by atoms with E-state index in [4.69, 9.17) is 4.98 Å². The van der Waals surface area contributed by atoms with Crippen LogP contribution in [0.3, 0.4) is 0 Å². The average Bonchev–Trinajstić information content (AvgIpc) is 3.01. The van der Waals surface area contributed by atoms with Crippen molar-refractivity contribution in [1.82, 2.24) is 9.97 Å². The molecule has 1 aromatic heterocycles. The molecule has 1 aliphatic carbocycles. The van der Waals surface area contributed by atoms with Gasteiger partial charge in [0.15, 0.2) is 5.82 Å². The second-order valence-corrected chi connectivity index (χ2v) is 7.05. The molecule has 1 N–H and O–H groups in total. The lowest BCUT2D eigenvalue weighted by Gasteiger charge is -2.15. The molecule has 1 saturated carbocycles. The summed E-state index contributed by atoms with van der Waals surface area (Å²) >= 11 is 7.19. The van der Waals surface area contributed by atoms with Crippen LogP contribution in [0.25, 0.3) is 11.4 Å².